The van der Waals surface area contributed by atoms with Crippen LogP contribution in [-0.2, 0) is 24.9 Å². The van der Waals surface area contributed by atoms with Crippen LogP contribution in [0.2, 0.25) is 0 Å². The van der Waals surface area contributed by atoms with Gasteiger partial charge in [0.2, 0.25) is 0 Å². The maximum atomic E-state index is 5.37. The summed E-state index contributed by atoms with van der Waals surface area (Å²) in [4.78, 5) is 5.92. The van der Waals surface area contributed by atoms with Crippen molar-refractivity contribution in [2.45, 2.75) is 39.8 Å². The third-order valence-electron chi connectivity index (χ3n) is 3.78. The van der Waals surface area contributed by atoms with E-state index in [1.165, 1.54) is 4.88 Å². The molecule has 0 aromatic carbocycles. The van der Waals surface area contributed by atoms with E-state index in [-0.39, 0.29) is 24.0 Å². The fourth-order valence-electron chi connectivity index (χ4n) is 2.18. The van der Waals surface area contributed by atoms with Gasteiger partial charge in [-0.05, 0) is 38.1 Å². The standard InChI is InChI=1S/C17H28N6OS.HI/c1-4-24-10-6-5-9-18-17(19-12-15-8-7-11-25-15)20-13-16-22-21-14(2)23(16)3;/h7-8,11H,4-6,9-10,12-13H2,1-3H3,(H2,18,19,20);1H. The van der Waals surface area contributed by atoms with Crippen molar-refractivity contribution in [3.05, 3.63) is 34.0 Å². The van der Waals surface area contributed by atoms with Gasteiger partial charge in [-0.1, -0.05) is 6.07 Å². The molecule has 0 aliphatic rings. The van der Waals surface area contributed by atoms with Gasteiger partial charge >= 0.3 is 0 Å². The summed E-state index contributed by atoms with van der Waals surface area (Å²) < 4.78 is 7.33. The SMILES string of the molecule is CCOCCCCNC(=NCc1nnc(C)n1C)NCc1cccs1.I. The fourth-order valence-corrected chi connectivity index (χ4v) is 2.82. The molecule has 2 aromatic rings. The molecule has 9 heteroatoms. The number of aliphatic imine (C=N–C) groups is 1. The Labute approximate surface area is 176 Å². The molecule has 146 valence electrons. The first-order chi connectivity index (χ1) is 12.2. The largest absolute Gasteiger partial charge is 0.382 e. The van der Waals surface area contributed by atoms with Crippen LogP contribution in [0.5, 0.6) is 0 Å². The number of thiophene rings is 1. The van der Waals surface area contributed by atoms with Gasteiger partial charge in [-0.25, -0.2) is 4.99 Å². The average Bonchev–Trinajstić information content (AvgIpc) is 3.24. The van der Waals surface area contributed by atoms with Crippen LogP contribution in [0.1, 0.15) is 36.3 Å². The van der Waals surface area contributed by atoms with E-state index in [0.29, 0.717) is 6.54 Å². The van der Waals surface area contributed by atoms with Crippen molar-refractivity contribution in [3.63, 3.8) is 0 Å². The summed E-state index contributed by atoms with van der Waals surface area (Å²) in [5, 5.41) is 17.1. The molecular formula is C17H29IN6OS. The molecule has 0 fully saturated rings. The number of hydrogen-bond donors (Lipinski definition) is 2. The molecular weight excluding hydrogens is 463 g/mol. The first-order valence-corrected chi connectivity index (χ1v) is 9.55. The van der Waals surface area contributed by atoms with Crippen LogP contribution in [0.25, 0.3) is 0 Å². The predicted octanol–water partition coefficient (Wildman–Crippen LogP) is 2.86. The highest BCUT2D eigenvalue weighted by Crippen LogP contribution is 2.07. The molecule has 0 atom stereocenters. The number of nitrogens with one attached hydrogen (secondary N) is 2. The molecule has 7 nitrogen and oxygen atoms in total. The van der Waals surface area contributed by atoms with Crippen LogP contribution < -0.4 is 10.6 Å². The summed E-state index contributed by atoms with van der Waals surface area (Å²) in [6.45, 7) is 7.67. The number of guanidine groups is 1. The Morgan fingerprint density at radius 2 is 2.15 bits per heavy atom. The van der Waals surface area contributed by atoms with Gasteiger partial charge in [-0.15, -0.1) is 45.5 Å². The number of unbranched alkanes of at least 4 members (excludes halogenated alkanes) is 1. The number of aryl methyl sites for hydroxylation is 1. The van der Waals surface area contributed by atoms with E-state index >= 15 is 0 Å². The summed E-state index contributed by atoms with van der Waals surface area (Å²) in [5.74, 6) is 2.54. The summed E-state index contributed by atoms with van der Waals surface area (Å²) in [6, 6.07) is 4.17. The van der Waals surface area contributed by atoms with E-state index in [0.717, 1.165) is 56.8 Å². The van der Waals surface area contributed by atoms with E-state index < -0.39 is 0 Å². The fraction of sp³-hybridized carbons (Fsp3) is 0.588. The molecule has 0 amide bonds. The van der Waals surface area contributed by atoms with Crippen LogP contribution in [0.4, 0.5) is 0 Å². The van der Waals surface area contributed by atoms with Gasteiger partial charge in [0.05, 0.1) is 6.54 Å². The average molecular weight is 492 g/mol. The summed E-state index contributed by atoms with van der Waals surface area (Å²) in [5.41, 5.74) is 0. The minimum Gasteiger partial charge on any atom is -0.382 e. The number of nitrogens with zero attached hydrogens (tertiary/aromatic N) is 4. The molecule has 2 aromatic heterocycles. The Balaban J connectivity index is 0.00000338. The van der Waals surface area contributed by atoms with Crippen molar-refractivity contribution < 1.29 is 4.74 Å². The van der Waals surface area contributed by atoms with Crippen molar-refractivity contribution in [2.24, 2.45) is 12.0 Å². The zero-order valence-electron chi connectivity index (χ0n) is 15.7. The number of ether oxygens (including phenoxy) is 1. The highest BCUT2D eigenvalue weighted by Gasteiger charge is 2.05. The van der Waals surface area contributed by atoms with Crippen molar-refractivity contribution in [1.29, 1.82) is 0 Å². The lowest BCUT2D eigenvalue weighted by atomic mass is 10.3. The number of hydrogen-bond acceptors (Lipinski definition) is 5. The minimum absolute atomic E-state index is 0. The second-order valence-corrected chi connectivity index (χ2v) is 6.68. The van der Waals surface area contributed by atoms with Crippen molar-refractivity contribution >= 4 is 41.3 Å². The van der Waals surface area contributed by atoms with Crippen LogP contribution >= 0.6 is 35.3 Å². The predicted molar refractivity (Wildman–Crippen MR) is 117 cm³/mol. The molecule has 0 saturated heterocycles. The first kappa shape index (κ1) is 22.8. The number of halogens is 1. The van der Waals surface area contributed by atoms with Gasteiger partial charge in [0.15, 0.2) is 11.8 Å². The van der Waals surface area contributed by atoms with Gasteiger partial charge in [-0.2, -0.15) is 0 Å². The molecule has 2 rings (SSSR count). The Morgan fingerprint density at radius 3 is 2.81 bits per heavy atom. The monoisotopic (exact) mass is 492 g/mol. The smallest absolute Gasteiger partial charge is 0.192 e. The molecule has 0 aliphatic carbocycles. The van der Waals surface area contributed by atoms with Gasteiger partial charge in [0, 0.05) is 31.7 Å². The number of aromatic nitrogens is 3. The third-order valence-corrected chi connectivity index (χ3v) is 4.66. The summed E-state index contributed by atoms with van der Waals surface area (Å²) >= 11 is 1.73. The quantitative estimate of drug-likeness (QED) is 0.231. The second-order valence-electron chi connectivity index (χ2n) is 5.65. The lowest BCUT2D eigenvalue weighted by Gasteiger charge is -2.12. The van der Waals surface area contributed by atoms with Gasteiger partial charge < -0.3 is 19.9 Å². The zero-order chi connectivity index (χ0) is 17.9. The van der Waals surface area contributed by atoms with Gasteiger partial charge in [0.25, 0.3) is 0 Å². The lowest BCUT2D eigenvalue weighted by molar-refractivity contribution is 0.143. The van der Waals surface area contributed by atoms with E-state index in [1.54, 1.807) is 11.3 Å². The van der Waals surface area contributed by atoms with Crippen LogP contribution in [-0.4, -0.2) is 40.5 Å². The third kappa shape index (κ3) is 8.00. The van der Waals surface area contributed by atoms with Crippen molar-refractivity contribution in [3.8, 4) is 0 Å². The molecule has 0 unspecified atom stereocenters. The van der Waals surface area contributed by atoms with Crippen LogP contribution in [0.15, 0.2) is 22.5 Å². The molecule has 0 bridgehead atoms. The molecule has 0 saturated carbocycles. The molecule has 26 heavy (non-hydrogen) atoms. The summed E-state index contributed by atoms with van der Waals surface area (Å²) in [7, 11) is 1.96. The van der Waals surface area contributed by atoms with Crippen LogP contribution in [0, 0.1) is 6.92 Å². The molecule has 0 aliphatic heterocycles. The minimum atomic E-state index is 0. The van der Waals surface area contributed by atoms with E-state index in [1.807, 2.05) is 25.5 Å². The molecule has 0 spiro atoms. The molecule has 0 radical (unpaired) electrons. The maximum Gasteiger partial charge on any atom is 0.192 e. The van der Waals surface area contributed by atoms with Crippen molar-refractivity contribution in [2.75, 3.05) is 19.8 Å². The highest BCUT2D eigenvalue weighted by molar-refractivity contribution is 14.0. The van der Waals surface area contributed by atoms with Crippen LogP contribution in [0.3, 0.4) is 0 Å². The normalized spacial score (nSPS) is 11.3. The summed E-state index contributed by atoms with van der Waals surface area (Å²) in [6.07, 6.45) is 2.09. The Hall–Kier alpha value is -1.20. The first-order valence-electron chi connectivity index (χ1n) is 8.68. The van der Waals surface area contributed by atoms with E-state index in [4.69, 9.17) is 4.74 Å². The van der Waals surface area contributed by atoms with Gasteiger partial charge in [0.1, 0.15) is 12.4 Å². The van der Waals surface area contributed by atoms with Crippen molar-refractivity contribution in [1.82, 2.24) is 25.4 Å². The van der Waals surface area contributed by atoms with E-state index in [2.05, 4.69) is 43.3 Å². The maximum absolute atomic E-state index is 5.37. The Bertz CT molecular complexity index is 644. The van der Waals surface area contributed by atoms with Gasteiger partial charge in [-0.3, -0.25) is 0 Å². The van der Waals surface area contributed by atoms with E-state index in [9.17, 15) is 0 Å². The second kappa shape index (κ2) is 13.0. The zero-order valence-corrected chi connectivity index (χ0v) is 18.8. The Kier molecular flexibility index (Phi) is 11.5. The molecule has 2 N–H and O–H groups in total. The molecule has 2 heterocycles. The number of rotatable bonds is 10. The lowest BCUT2D eigenvalue weighted by Crippen LogP contribution is -2.37. The Morgan fingerprint density at radius 1 is 1.31 bits per heavy atom. The topological polar surface area (TPSA) is 76.4 Å². The highest BCUT2D eigenvalue weighted by atomic mass is 127.